The van der Waals surface area contributed by atoms with Crippen molar-refractivity contribution in [2.24, 2.45) is 23.3 Å². The Hall–Kier alpha value is -3.54. The van der Waals surface area contributed by atoms with Gasteiger partial charge >= 0.3 is 6.09 Å². The molecule has 2 rings (SSSR count). The number of carbonyl (C=O) groups excluding carboxylic acids is 4. The predicted molar refractivity (Wildman–Crippen MR) is 144 cm³/mol. The Morgan fingerprint density at radius 1 is 1.13 bits per heavy atom. The molecule has 0 spiro atoms. The molecule has 1 aliphatic heterocycles. The molecule has 11 nitrogen and oxygen atoms in total. The number of allylic oxidation sites excluding steroid dienone is 4. The van der Waals surface area contributed by atoms with E-state index in [9.17, 15) is 24.3 Å². The molecule has 0 aromatic rings. The molecule has 2 aliphatic rings. The molecule has 6 atom stereocenters. The third-order valence-corrected chi connectivity index (χ3v) is 6.84. The van der Waals surface area contributed by atoms with E-state index >= 15 is 0 Å². The first-order chi connectivity index (χ1) is 18.3. The number of amides is 2. The molecule has 0 aromatic heterocycles. The zero-order valence-corrected chi connectivity index (χ0v) is 23.2. The Balaban J connectivity index is 2.58. The van der Waals surface area contributed by atoms with Crippen LogP contribution in [0.2, 0.25) is 0 Å². The summed E-state index contributed by atoms with van der Waals surface area (Å²) in [5.74, 6) is -2.37. The molecule has 0 fully saturated rings. The number of nitrogens with one attached hydrogen (secondary N) is 1. The van der Waals surface area contributed by atoms with E-state index < -0.39 is 53.9 Å². The van der Waals surface area contributed by atoms with Crippen LogP contribution in [0.5, 0.6) is 0 Å². The first-order valence-corrected chi connectivity index (χ1v) is 12.6. The van der Waals surface area contributed by atoms with Gasteiger partial charge in [0.15, 0.2) is 6.10 Å². The second-order valence-electron chi connectivity index (χ2n) is 9.97. The van der Waals surface area contributed by atoms with Crippen LogP contribution in [0.4, 0.5) is 4.79 Å². The summed E-state index contributed by atoms with van der Waals surface area (Å²) in [6, 6.07) is 0. The van der Waals surface area contributed by atoms with Gasteiger partial charge in [0.05, 0.1) is 23.6 Å². The summed E-state index contributed by atoms with van der Waals surface area (Å²) in [7, 11) is 2.90. The van der Waals surface area contributed by atoms with Gasteiger partial charge in [0.2, 0.25) is 11.6 Å². The minimum Gasteiger partial charge on any atom is -0.439 e. The average molecular weight is 546 g/mol. The second-order valence-corrected chi connectivity index (χ2v) is 9.97. The van der Waals surface area contributed by atoms with Gasteiger partial charge < -0.3 is 36.1 Å². The summed E-state index contributed by atoms with van der Waals surface area (Å²) in [5, 5.41) is 13.6. The summed E-state index contributed by atoms with van der Waals surface area (Å²) in [6.07, 6.45) is 3.55. The summed E-state index contributed by atoms with van der Waals surface area (Å²) in [5.41, 5.74) is 11.9. The Morgan fingerprint density at radius 3 is 2.38 bits per heavy atom. The van der Waals surface area contributed by atoms with E-state index in [2.05, 4.69) is 5.32 Å². The number of nitrogens with two attached hydrogens (primary N) is 2. The lowest BCUT2D eigenvalue weighted by Gasteiger charge is -2.29. The highest BCUT2D eigenvalue weighted by atomic mass is 16.6. The number of primary amides is 1. The van der Waals surface area contributed by atoms with Crippen molar-refractivity contribution in [3.8, 4) is 0 Å². The van der Waals surface area contributed by atoms with Crippen molar-refractivity contribution in [2.75, 3.05) is 14.2 Å². The van der Waals surface area contributed by atoms with E-state index in [-0.39, 0.29) is 34.9 Å². The van der Waals surface area contributed by atoms with Crippen LogP contribution in [0.3, 0.4) is 0 Å². The van der Waals surface area contributed by atoms with E-state index in [0.29, 0.717) is 12.0 Å². The van der Waals surface area contributed by atoms with Crippen molar-refractivity contribution < 1.29 is 38.5 Å². The fraction of sp³-hybridized carbons (Fsp3) is 0.500. The topological polar surface area (TPSA) is 180 Å². The fourth-order valence-corrected chi connectivity index (χ4v) is 4.61. The monoisotopic (exact) mass is 545 g/mol. The van der Waals surface area contributed by atoms with Crippen molar-refractivity contribution in [1.82, 2.24) is 5.32 Å². The number of ketones is 2. The van der Waals surface area contributed by atoms with Crippen molar-refractivity contribution in [2.45, 2.75) is 65.0 Å². The molecule has 2 amide bonds. The third-order valence-electron chi connectivity index (χ3n) is 6.84. The molecule has 0 aromatic carbocycles. The normalized spacial score (nSPS) is 33.3. The first-order valence-electron chi connectivity index (χ1n) is 12.6. The largest absolute Gasteiger partial charge is 0.439 e. The number of fused-ring (bicyclic) bond motifs is 2. The number of ether oxygens (including phenoxy) is 3. The van der Waals surface area contributed by atoms with Crippen LogP contribution >= 0.6 is 0 Å². The highest BCUT2D eigenvalue weighted by Crippen LogP contribution is 2.28. The maximum absolute atomic E-state index is 13.2. The van der Waals surface area contributed by atoms with E-state index in [1.54, 1.807) is 26.0 Å². The van der Waals surface area contributed by atoms with Gasteiger partial charge in [-0.05, 0) is 38.2 Å². The van der Waals surface area contributed by atoms with Gasteiger partial charge in [-0.2, -0.15) is 0 Å². The standard InChI is InChI=1S/C28H39N3O8/c1-14-10-18-23(29)20(32)13-19(25(18)34)31-27(35)15(2)8-7-9-21(37-5)26(39-28(30)36)17(4)12-16(3)24(33)22(11-14)38-6/h7-9,12-14,16,21-22,24,26,33H,10-11,29H2,1-6H3,(H2,30,36)(H,31,35)/b9-7-,15-8+,17-12+/t14?,16-,21?,22?,24+,26?/m0/s1. The average Bonchev–Trinajstić information content (AvgIpc) is 2.88. The van der Waals surface area contributed by atoms with E-state index in [0.717, 1.165) is 6.08 Å². The highest BCUT2D eigenvalue weighted by molar-refractivity contribution is 6.23. The molecule has 1 aliphatic carbocycles. The summed E-state index contributed by atoms with van der Waals surface area (Å²) in [6.45, 7) is 6.89. The molecule has 0 saturated carbocycles. The predicted octanol–water partition coefficient (Wildman–Crippen LogP) is 1.72. The van der Waals surface area contributed by atoms with Crippen LogP contribution < -0.4 is 16.8 Å². The van der Waals surface area contributed by atoms with E-state index in [4.69, 9.17) is 25.7 Å². The van der Waals surface area contributed by atoms with Crippen LogP contribution in [0, 0.1) is 11.8 Å². The Morgan fingerprint density at radius 2 is 1.79 bits per heavy atom. The van der Waals surface area contributed by atoms with Gasteiger partial charge in [-0.25, -0.2) is 4.79 Å². The molecule has 2 bridgehead atoms. The Labute approximate surface area is 228 Å². The molecule has 0 radical (unpaired) electrons. The smallest absolute Gasteiger partial charge is 0.405 e. The quantitative estimate of drug-likeness (QED) is 0.303. The van der Waals surface area contributed by atoms with Crippen LogP contribution in [-0.2, 0) is 28.6 Å². The maximum Gasteiger partial charge on any atom is 0.405 e. The molecule has 4 unspecified atom stereocenters. The zero-order chi connectivity index (χ0) is 29.4. The number of aliphatic hydroxyl groups excluding tert-OH is 1. The summed E-state index contributed by atoms with van der Waals surface area (Å²) >= 11 is 0. The van der Waals surface area contributed by atoms with Crippen LogP contribution in [0.15, 0.2) is 58.5 Å². The highest BCUT2D eigenvalue weighted by Gasteiger charge is 2.32. The van der Waals surface area contributed by atoms with Crippen molar-refractivity contribution in [3.05, 3.63) is 58.5 Å². The van der Waals surface area contributed by atoms with Crippen molar-refractivity contribution >= 4 is 23.6 Å². The second kappa shape index (κ2) is 14.0. The molecule has 6 N–H and O–H groups in total. The van der Waals surface area contributed by atoms with Gasteiger partial charge in [-0.15, -0.1) is 0 Å². The van der Waals surface area contributed by atoms with Gasteiger partial charge in [-0.1, -0.05) is 38.2 Å². The SMILES string of the molecule is COC1/C=C\C=C(/C)C(=O)NC2=CC(=O)C(N)=C(CC(C)CC(OC)[C@H](O)[C@@H](C)/C=C(\C)C1OC(N)=O)C2=O. The van der Waals surface area contributed by atoms with Crippen LogP contribution in [-0.4, -0.2) is 67.3 Å². The third kappa shape index (κ3) is 8.22. The van der Waals surface area contributed by atoms with Gasteiger partial charge in [0.1, 0.15) is 6.10 Å². The van der Waals surface area contributed by atoms with Crippen molar-refractivity contribution in [3.63, 3.8) is 0 Å². The summed E-state index contributed by atoms with van der Waals surface area (Å²) in [4.78, 5) is 50.1. The Kier molecular flexibility index (Phi) is 11.4. The fourth-order valence-electron chi connectivity index (χ4n) is 4.61. The molecule has 11 heteroatoms. The minimum absolute atomic E-state index is 0.104. The van der Waals surface area contributed by atoms with Gasteiger partial charge in [0.25, 0.3) is 5.91 Å². The van der Waals surface area contributed by atoms with Crippen LogP contribution in [0.1, 0.15) is 40.5 Å². The van der Waals surface area contributed by atoms with E-state index in [1.165, 1.54) is 33.3 Å². The number of hydrogen-bond acceptors (Lipinski definition) is 9. The van der Waals surface area contributed by atoms with Crippen molar-refractivity contribution in [1.29, 1.82) is 0 Å². The number of methoxy groups -OCH3 is 2. The molecular weight excluding hydrogens is 506 g/mol. The van der Waals surface area contributed by atoms with Gasteiger partial charge in [0, 0.05) is 37.4 Å². The lowest BCUT2D eigenvalue weighted by molar-refractivity contribution is -0.120. The van der Waals surface area contributed by atoms with E-state index in [1.807, 2.05) is 6.92 Å². The molecule has 214 valence electrons. The molecule has 0 saturated heterocycles. The Bertz CT molecular complexity index is 1130. The van der Waals surface area contributed by atoms with Gasteiger partial charge in [-0.3, -0.25) is 14.4 Å². The zero-order valence-electron chi connectivity index (χ0n) is 23.2. The lowest BCUT2D eigenvalue weighted by Crippen LogP contribution is -2.37. The minimum atomic E-state index is -1.00. The van der Waals surface area contributed by atoms with Crippen LogP contribution in [0.25, 0.3) is 0 Å². The maximum atomic E-state index is 13.2. The summed E-state index contributed by atoms with van der Waals surface area (Å²) < 4.78 is 16.4. The number of Topliss-reactive ketones (excluding diaryl/α,β-unsaturated/α-hetero) is 1. The number of aliphatic hydroxyl groups is 1. The lowest BCUT2D eigenvalue weighted by atomic mass is 9.85. The first kappa shape index (κ1) is 31.7. The number of rotatable bonds is 3. The molecule has 39 heavy (non-hydrogen) atoms. The molecule has 1 heterocycles. The number of carbonyl (C=O) groups is 4. The molecular formula is C28H39N3O8. The number of hydrogen-bond donors (Lipinski definition) is 4.